The Morgan fingerprint density at radius 2 is 2.00 bits per heavy atom. The van der Waals surface area contributed by atoms with Crippen molar-refractivity contribution in [2.75, 3.05) is 6.54 Å². The molecular formula is C14H16N2O2. The third kappa shape index (κ3) is 2.01. The minimum absolute atomic E-state index is 0.202. The average Bonchev–Trinajstić information content (AvgIpc) is 2.38. The fourth-order valence-corrected chi connectivity index (χ4v) is 2.04. The summed E-state index contributed by atoms with van der Waals surface area (Å²) in [7, 11) is 0. The second kappa shape index (κ2) is 5.04. The number of pyridine rings is 1. The molecule has 0 aliphatic rings. The van der Waals surface area contributed by atoms with E-state index in [4.69, 9.17) is 0 Å². The SMILES string of the molecule is CCNC(=O)c1c(CC)[nH]c2ccccc2c1=O. The molecule has 4 nitrogen and oxygen atoms in total. The number of benzene rings is 1. The van der Waals surface area contributed by atoms with Gasteiger partial charge in [0.05, 0.1) is 0 Å². The van der Waals surface area contributed by atoms with Gasteiger partial charge in [0.15, 0.2) is 0 Å². The van der Waals surface area contributed by atoms with E-state index in [0.29, 0.717) is 24.0 Å². The van der Waals surface area contributed by atoms with Gasteiger partial charge in [-0.05, 0) is 25.5 Å². The van der Waals surface area contributed by atoms with Gasteiger partial charge in [0.2, 0.25) is 5.43 Å². The van der Waals surface area contributed by atoms with Gasteiger partial charge in [-0.2, -0.15) is 0 Å². The van der Waals surface area contributed by atoms with Crippen LogP contribution in [0.5, 0.6) is 0 Å². The number of aryl methyl sites for hydroxylation is 1. The lowest BCUT2D eigenvalue weighted by molar-refractivity contribution is 0.0953. The van der Waals surface area contributed by atoms with Gasteiger partial charge in [0, 0.05) is 23.1 Å². The van der Waals surface area contributed by atoms with E-state index in [1.54, 1.807) is 12.1 Å². The molecule has 0 bridgehead atoms. The maximum atomic E-state index is 12.3. The van der Waals surface area contributed by atoms with Crippen molar-refractivity contribution >= 4 is 16.8 Å². The maximum Gasteiger partial charge on any atom is 0.257 e. The molecule has 2 rings (SSSR count). The van der Waals surface area contributed by atoms with Crippen molar-refractivity contribution < 1.29 is 4.79 Å². The number of amides is 1. The second-order valence-corrected chi connectivity index (χ2v) is 4.07. The van der Waals surface area contributed by atoms with Crippen molar-refractivity contribution in [2.45, 2.75) is 20.3 Å². The first-order valence-corrected chi connectivity index (χ1v) is 6.11. The van der Waals surface area contributed by atoms with Gasteiger partial charge in [-0.1, -0.05) is 19.1 Å². The molecule has 94 valence electrons. The van der Waals surface area contributed by atoms with Gasteiger partial charge in [-0.15, -0.1) is 0 Å². The van der Waals surface area contributed by atoms with Crippen molar-refractivity contribution in [1.82, 2.24) is 10.3 Å². The summed E-state index contributed by atoms with van der Waals surface area (Å²) in [5, 5.41) is 3.23. The zero-order valence-corrected chi connectivity index (χ0v) is 10.5. The van der Waals surface area contributed by atoms with Crippen LogP contribution in [0.2, 0.25) is 0 Å². The number of nitrogens with one attached hydrogen (secondary N) is 2. The molecule has 1 aromatic heterocycles. The molecule has 4 heteroatoms. The summed E-state index contributed by atoms with van der Waals surface area (Å²) in [5.74, 6) is -0.304. The highest BCUT2D eigenvalue weighted by Crippen LogP contribution is 2.11. The number of hydrogen-bond donors (Lipinski definition) is 2. The zero-order chi connectivity index (χ0) is 13.1. The van der Waals surface area contributed by atoms with Crippen molar-refractivity contribution in [1.29, 1.82) is 0 Å². The molecule has 0 saturated heterocycles. The molecule has 1 amide bonds. The molecule has 1 aromatic carbocycles. The van der Waals surface area contributed by atoms with E-state index < -0.39 is 0 Å². The van der Waals surface area contributed by atoms with Gasteiger partial charge < -0.3 is 10.3 Å². The molecule has 0 fully saturated rings. The fraction of sp³-hybridized carbons (Fsp3) is 0.286. The van der Waals surface area contributed by atoms with Gasteiger partial charge in [-0.3, -0.25) is 9.59 Å². The van der Waals surface area contributed by atoms with Crippen LogP contribution in [0.25, 0.3) is 10.9 Å². The van der Waals surface area contributed by atoms with Crippen LogP contribution in [0.15, 0.2) is 29.1 Å². The van der Waals surface area contributed by atoms with Crippen LogP contribution < -0.4 is 10.7 Å². The molecule has 18 heavy (non-hydrogen) atoms. The number of carbonyl (C=O) groups excluding carboxylic acids is 1. The minimum atomic E-state index is -0.304. The number of aromatic amines is 1. The topological polar surface area (TPSA) is 62.0 Å². The van der Waals surface area contributed by atoms with E-state index in [9.17, 15) is 9.59 Å². The Hall–Kier alpha value is -2.10. The molecule has 1 heterocycles. The Labute approximate surface area is 105 Å². The van der Waals surface area contributed by atoms with Gasteiger partial charge in [0.25, 0.3) is 5.91 Å². The highest BCUT2D eigenvalue weighted by atomic mass is 16.2. The van der Waals surface area contributed by atoms with Crippen molar-refractivity contribution in [3.05, 3.63) is 45.7 Å². The zero-order valence-electron chi connectivity index (χ0n) is 10.5. The predicted octanol–water partition coefficient (Wildman–Crippen LogP) is 1.84. The molecule has 0 atom stereocenters. The minimum Gasteiger partial charge on any atom is -0.358 e. The predicted molar refractivity (Wildman–Crippen MR) is 72.0 cm³/mol. The fourth-order valence-electron chi connectivity index (χ4n) is 2.04. The Bertz CT molecular complexity index is 644. The Kier molecular flexibility index (Phi) is 3.46. The number of carbonyl (C=O) groups is 1. The summed E-state index contributed by atoms with van der Waals surface area (Å²) in [6.45, 7) is 4.26. The lowest BCUT2D eigenvalue weighted by Gasteiger charge is -2.09. The largest absolute Gasteiger partial charge is 0.358 e. The number of hydrogen-bond acceptors (Lipinski definition) is 2. The van der Waals surface area contributed by atoms with E-state index in [-0.39, 0.29) is 16.9 Å². The monoisotopic (exact) mass is 244 g/mol. The molecule has 0 aliphatic heterocycles. The Morgan fingerprint density at radius 1 is 1.28 bits per heavy atom. The average molecular weight is 244 g/mol. The summed E-state index contributed by atoms with van der Waals surface area (Å²) in [5.41, 5.74) is 1.49. The summed E-state index contributed by atoms with van der Waals surface area (Å²) in [6.07, 6.45) is 0.618. The number of aromatic nitrogens is 1. The molecular weight excluding hydrogens is 228 g/mol. The van der Waals surface area contributed by atoms with E-state index in [1.807, 2.05) is 26.0 Å². The number of fused-ring (bicyclic) bond motifs is 1. The highest BCUT2D eigenvalue weighted by molar-refractivity contribution is 5.98. The molecule has 0 unspecified atom stereocenters. The number of H-pyrrole nitrogens is 1. The smallest absolute Gasteiger partial charge is 0.257 e. The van der Waals surface area contributed by atoms with Gasteiger partial charge >= 0.3 is 0 Å². The molecule has 0 saturated carbocycles. The maximum absolute atomic E-state index is 12.3. The lowest BCUT2D eigenvalue weighted by atomic mass is 10.1. The summed E-state index contributed by atoms with van der Waals surface area (Å²) in [4.78, 5) is 27.5. The first-order chi connectivity index (χ1) is 8.69. The summed E-state index contributed by atoms with van der Waals surface area (Å²) < 4.78 is 0. The van der Waals surface area contributed by atoms with Crippen LogP contribution in [-0.2, 0) is 6.42 Å². The highest BCUT2D eigenvalue weighted by Gasteiger charge is 2.16. The van der Waals surface area contributed by atoms with E-state index in [0.717, 1.165) is 5.52 Å². The quantitative estimate of drug-likeness (QED) is 0.865. The normalized spacial score (nSPS) is 10.6. The van der Waals surface area contributed by atoms with Crippen LogP contribution in [0.1, 0.15) is 29.9 Å². The number of rotatable bonds is 3. The molecule has 2 N–H and O–H groups in total. The van der Waals surface area contributed by atoms with E-state index >= 15 is 0 Å². The molecule has 0 spiro atoms. The van der Waals surface area contributed by atoms with Crippen LogP contribution in [0, 0.1) is 0 Å². The van der Waals surface area contributed by atoms with Crippen molar-refractivity contribution in [2.24, 2.45) is 0 Å². The Morgan fingerprint density at radius 3 is 2.67 bits per heavy atom. The molecule has 2 aromatic rings. The van der Waals surface area contributed by atoms with Crippen LogP contribution in [0.4, 0.5) is 0 Å². The van der Waals surface area contributed by atoms with Gasteiger partial charge in [0.1, 0.15) is 5.56 Å². The third-order valence-electron chi connectivity index (χ3n) is 2.90. The molecule has 0 radical (unpaired) electrons. The van der Waals surface area contributed by atoms with Gasteiger partial charge in [-0.25, -0.2) is 0 Å². The first kappa shape index (κ1) is 12.4. The van der Waals surface area contributed by atoms with E-state index in [2.05, 4.69) is 10.3 Å². The second-order valence-electron chi connectivity index (χ2n) is 4.07. The summed E-state index contributed by atoms with van der Waals surface area (Å²) in [6, 6.07) is 7.24. The third-order valence-corrected chi connectivity index (χ3v) is 2.90. The van der Waals surface area contributed by atoms with Crippen LogP contribution in [-0.4, -0.2) is 17.4 Å². The number of para-hydroxylation sites is 1. The van der Waals surface area contributed by atoms with Crippen molar-refractivity contribution in [3.63, 3.8) is 0 Å². The first-order valence-electron chi connectivity index (χ1n) is 6.11. The Balaban J connectivity index is 2.74. The lowest BCUT2D eigenvalue weighted by Crippen LogP contribution is -2.30. The molecule has 0 aliphatic carbocycles. The summed E-state index contributed by atoms with van der Waals surface area (Å²) >= 11 is 0. The van der Waals surface area contributed by atoms with Crippen LogP contribution >= 0.6 is 0 Å². The van der Waals surface area contributed by atoms with E-state index in [1.165, 1.54) is 0 Å². The standard InChI is InChI=1S/C14H16N2O2/c1-3-10-12(14(18)15-4-2)13(17)9-7-5-6-8-11(9)16-10/h5-8H,3-4H2,1-2H3,(H,15,18)(H,16,17). The van der Waals surface area contributed by atoms with Crippen LogP contribution in [0.3, 0.4) is 0 Å². The van der Waals surface area contributed by atoms with Crippen molar-refractivity contribution in [3.8, 4) is 0 Å².